The van der Waals surface area contributed by atoms with Crippen LogP contribution in [0.5, 0.6) is 0 Å². The molecule has 1 rings (SSSR count). The summed E-state index contributed by atoms with van der Waals surface area (Å²) in [4.78, 5) is 4.13. The molecule has 0 aromatic carbocycles. The Hall–Kier alpha value is -1.34. The minimum Gasteiger partial charge on any atom is -0.395 e. The zero-order valence-corrected chi connectivity index (χ0v) is 7.64. The van der Waals surface area contributed by atoms with E-state index in [0.29, 0.717) is 6.42 Å². The van der Waals surface area contributed by atoms with Gasteiger partial charge in [0.05, 0.1) is 18.6 Å². The number of nitriles is 1. The van der Waals surface area contributed by atoms with Gasteiger partial charge >= 0.3 is 0 Å². The topological polar surface area (TPSA) is 61.8 Å². The van der Waals surface area contributed by atoms with Crippen molar-refractivity contribution in [3.05, 3.63) is 18.2 Å². The molecule has 1 atom stereocenters. The lowest BCUT2D eigenvalue weighted by atomic mass is 10.1. The molecule has 0 amide bonds. The number of rotatable bonds is 4. The number of nitrogens with zero attached hydrogens (tertiary/aromatic N) is 3. The number of aryl methyl sites for hydroxylation is 2. The summed E-state index contributed by atoms with van der Waals surface area (Å²) in [6.07, 6.45) is 5.01. The van der Waals surface area contributed by atoms with Crippen LogP contribution < -0.4 is 0 Å². The monoisotopic (exact) mass is 179 g/mol. The molecule has 0 saturated heterocycles. The first-order chi connectivity index (χ1) is 6.27. The minimum atomic E-state index is -0.267. The van der Waals surface area contributed by atoms with E-state index in [2.05, 4.69) is 4.98 Å². The van der Waals surface area contributed by atoms with Gasteiger partial charge in [-0.05, 0) is 6.42 Å². The molecular weight excluding hydrogens is 166 g/mol. The number of hydrogen-bond donors (Lipinski definition) is 1. The molecule has 0 saturated carbocycles. The second kappa shape index (κ2) is 4.63. The Balaban J connectivity index is 2.44. The third-order valence-corrected chi connectivity index (χ3v) is 2.04. The Bertz CT molecular complexity index is 300. The van der Waals surface area contributed by atoms with E-state index < -0.39 is 0 Å². The van der Waals surface area contributed by atoms with E-state index in [1.807, 2.05) is 23.9 Å². The lowest BCUT2D eigenvalue weighted by Gasteiger charge is -2.04. The summed E-state index contributed by atoms with van der Waals surface area (Å²) in [5.74, 6) is 0.686. The Labute approximate surface area is 77.4 Å². The van der Waals surface area contributed by atoms with Gasteiger partial charge in [0.1, 0.15) is 5.82 Å². The lowest BCUT2D eigenvalue weighted by molar-refractivity contribution is 0.249. The van der Waals surface area contributed by atoms with E-state index in [4.69, 9.17) is 10.4 Å². The molecule has 1 heterocycles. The van der Waals surface area contributed by atoms with Gasteiger partial charge in [-0.1, -0.05) is 0 Å². The highest BCUT2D eigenvalue weighted by molar-refractivity contribution is 4.93. The molecule has 0 spiro atoms. The van der Waals surface area contributed by atoms with Crippen LogP contribution >= 0.6 is 0 Å². The fourth-order valence-corrected chi connectivity index (χ4v) is 1.14. The van der Waals surface area contributed by atoms with Gasteiger partial charge in [0.25, 0.3) is 0 Å². The normalized spacial score (nSPS) is 12.4. The van der Waals surface area contributed by atoms with E-state index in [9.17, 15) is 0 Å². The SMILES string of the molecule is Cn1ccnc1CCC(C#N)CO. The molecule has 70 valence electrons. The third kappa shape index (κ3) is 2.56. The maximum atomic E-state index is 8.77. The molecule has 1 aromatic heterocycles. The Morgan fingerprint density at radius 1 is 1.77 bits per heavy atom. The summed E-state index contributed by atoms with van der Waals surface area (Å²) >= 11 is 0. The number of aliphatic hydroxyl groups excluding tert-OH is 1. The molecule has 0 radical (unpaired) electrons. The van der Waals surface area contributed by atoms with Crippen molar-refractivity contribution in [1.29, 1.82) is 5.26 Å². The van der Waals surface area contributed by atoms with Crippen LogP contribution in [0.25, 0.3) is 0 Å². The van der Waals surface area contributed by atoms with Gasteiger partial charge in [-0.2, -0.15) is 5.26 Å². The molecule has 4 nitrogen and oxygen atoms in total. The summed E-state index contributed by atoms with van der Waals surface area (Å²) < 4.78 is 1.92. The van der Waals surface area contributed by atoms with E-state index in [0.717, 1.165) is 12.2 Å². The second-order valence-electron chi connectivity index (χ2n) is 3.00. The molecule has 0 aliphatic heterocycles. The first kappa shape index (κ1) is 9.75. The van der Waals surface area contributed by atoms with E-state index >= 15 is 0 Å². The first-order valence-corrected chi connectivity index (χ1v) is 4.24. The predicted octanol–water partition coefficient (Wildman–Crippen LogP) is 0.485. The third-order valence-electron chi connectivity index (χ3n) is 2.04. The predicted molar refractivity (Wildman–Crippen MR) is 47.7 cm³/mol. The van der Waals surface area contributed by atoms with Crippen LogP contribution in [-0.4, -0.2) is 21.3 Å². The van der Waals surface area contributed by atoms with Crippen molar-refractivity contribution < 1.29 is 5.11 Å². The maximum Gasteiger partial charge on any atom is 0.108 e. The van der Waals surface area contributed by atoms with Crippen molar-refractivity contribution in [1.82, 2.24) is 9.55 Å². The Kier molecular flexibility index (Phi) is 3.47. The van der Waals surface area contributed by atoms with E-state index in [-0.39, 0.29) is 12.5 Å². The van der Waals surface area contributed by atoms with Crippen molar-refractivity contribution in [2.45, 2.75) is 12.8 Å². The van der Waals surface area contributed by atoms with Crippen LogP contribution in [0.1, 0.15) is 12.2 Å². The molecule has 0 aliphatic rings. The van der Waals surface area contributed by atoms with Gasteiger partial charge in [0.2, 0.25) is 0 Å². The van der Waals surface area contributed by atoms with Crippen molar-refractivity contribution in [3.63, 3.8) is 0 Å². The smallest absolute Gasteiger partial charge is 0.108 e. The zero-order chi connectivity index (χ0) is 9.68. The van der Waals surface area contributed by atoms with E-state index in [1.54, 1.807) is 6.20 Å². The van der Waals surface area contributed by atoms with Crippen LogP contribution in [-0.2, 0) is 13.5 Å². The van der Waals surface area contributed by atoms with Gasteiger partial charge in [0, 0.05) is 25.9 Å². The van der Waals surface area contributed by atoms with Gasteiger partial charge in [-0.3, -0.25) is 0 Å². The Morgan fingerprint density at radius 2 is 2.54 bits per heavy atom. The molecular formula is C9H13N3O. The van der Waals surface area contributed by atoms with Crippen LogP contribution in [0, 0.1) is 17.2 Å². The van der Waals surface area contributed by atoms with Crippen LogP contribution in [0.15, 0.2) is 12.4 Å². The largest absolute Gasteiger partial charge is 0.395 e. The number of aromatic nitrogens is 2. The van der Waals surface area contributed by atoms with Gasteiger partial charge in [-0.15, -0.1) is 0 Å². The lowest BCUT2D eigenvalue weighted by Crippen LogP contribution is -2.06. The summed E-state index contributed by atoms with van der Waals surface area (Å²) in [6, 6.07) is 2.05. The molecule has 4 heteroatoms. The quantitative estimate of drug-likeness (QED) is 0.731. The van der Waals surface area contributed by atoms with Gasteiger partial charge in [-0.25, -0.2) is 4.98 Å². The summed E-state index contributed by atoms with van der Waals surface area (Å²) in [6.45, 7) is -0.0685. The molecule has 0 aliphatic carbocycles. The van der Waals surface area contributed by atoms with Crippen LogP contribution in [0.4, 0.5) is 0 Å². The highest BCUT2D eigenvalue weighted by Crippen LogP contribution is 2.06. The number of aliphatic hydroxyl groups is 1. The molecule has 1 unspecified atom stereocenters. The van der Waals surface area contributed by atoms with Crippen LogP contribution in [0.3, 0.4) is 0 Å². The first-order valence-electron chi connectivity index (χ1n) is 4.24. The van der Waals surface area contributed by atoms with E-state index in [1.165, 1.54) is 0 Å². The zero-order valence-electron chi connectivity index (χ0n) is 7.64. The number of imidazole rings is 1. The molecule has 0 fully saturated rings. The highest BCUT2D eigenvalue weighted by Gasteiger charge is 2.07. The molecule has 13 heavy (non-hydrogen) atoms. The second-order valence-corrected chi connectivity index (χ2v) is 3.00. The highest BCUT2D eigenvalue weighted by atomic mass is 16.3. The fourth-order valence-electron chi connectivity index (χ4n) is 1.14. The molecule has 1 N–H and O–H groups in total. The molecule has 0 bridgehead atoms. The van der Waals surface area contributed by atoms with Crippen molar-refractivity contribution in [2.24, 2.45) is 13.0 Å². The summed E-state index contributed by atoms with van der Waals surface area (Å²) in [5.41, 5.74) is 0. The summed E-state index contributed by atoms with van der Waals surface area (Å²) in [5, 5.41) is 17.4. The van der Waals surface area contributed by atoms with Crippen molar-refractivity contribution >= 4 is 0 Å². The standard InChI is InChI=1S/C9H13N3O/c1-12-5-4-11-9(12)3-2-8(6-10)7-13/h4-5,8,13H,2-3,7H2,1H3. The average molecular weight is 179 g/mol. The van der Waals surface area contributed by atoms with Crippen molar-refractivity contribution in [3.8, 4) is 6.07 Å². The van der Waals surface area contributed by atoms with Crippen molar-refractivity contribution in [2.75, 3.05) is 6.61 Å². The minimum absolute atomic E-state index is 0.0685. The maximum absolute atomic E-state index is 8.77. The van der Waals surface area contributed by atoms with Crippen LogP contribution in [0.2, 0.25) is 0 Å². The molecule has 1 aromatic rings. The van der Waals surface area contributed by atoms with Gasteiger partial charge < -0.3 is 9.67 Å². The number of hydrogen-bond acceptors (Lipinski definition) is 3. The fraction of sp³-hybridized carbons (Fsp3) is 0.556. The van der Waals surface area contributed by atoms with Gasteiger partial charge in [0.15, 0.2) is 0 Å². The summed E-state index contributed by atoms with van der Waals surface area (Å²) in [7, 11) is 1.92. The Morgan fingerprint density at radius 3 is 3.00 bits per heavy atom. The average Bonchev–Trinajstić information content (AvgIpc) is 2.54.